The molecule has 1 saturated heterocycles. The molecule has 2 amide bonds. The predicted octanol–water partition coefficient (Wildman–Crippen LogP) is 5.75. The van der Waals surface area contributed by atoms with Crippen molar-refractivity contribution in [1.82, 2.24) is 9.88 Å². The van der Waals surface area contributed by atoms with Crippen LogP contribution in [0.4, 0.5) is 17.4 Å². The summed E-state index contributed by atoms with van der Waals surface area (Å²) in [5, 5.41) is 17.7. The van der Waals surface area contributed by atoms with Gasteiger partial charge in [-0.1, -0.05) is 42.5 Å². The van der Waals surface area contributed by atoms with Crippen LogP contribution < -0.4 is 10.6 Å². The number of aliphatic carboxylic acids is 1. The summed E-state index contributed by atoms with van der Waals surface area (Å²) in [6, 6.07) is 26.1. The topological polar surface area (TPSA) is 125 Å². The third-order valence-electron chi connectivity index (χ3n) is 7.12. The minimum atomic E-state index is -0.930. The van der Waals surface area contributed by atoms with E-state index in [1.807, 2.05) is 60.0 Å². The quantitative estimate of drug-likeness (QED) is 0.218. The summed E-state index contributed by atoms with van der Waals surface area (Å²) in [5.41, 5.74) is 4.32. The molecule has 1 aliphatic heterocycles. The summed E-state index contributed by atoms with van der Waals surface area (Å²) in [6.07, 6.45) is 0.142. The van der Waals surface area contributed by atoms with Gasteiger partial charge < -0.3 is 25.1 Å². The van der Waals surface area contributed by atoms with Crippen LogP contribution in [0, 0.1) is 5.92 Å². The number of carboxylic acid groups (broad SMARTS) is 1. The molecule has 0 bridgehead atoms. The first-order valence-corrected chi connectivity index (χ1v) is 14.0. The molecule has 6 rings (SSSR count). The van der Waals surface area contributed by atoms with Gasteiger partial charge in [-0.2, -0.15) is 4.98 Å². The summed E-state index contributed by atoms with van der Waals surface area (Å²) in [4.78, 5) is 44.2. The molecule has 41 heavy (non-hydrogen) atoms. The number of hydrogen-bond donors (Lipinski definition) is 3. The number of nitrogens with one attached hydrogen (secondary N) is 2. The average Bonchev–Trinajstić information content (AvgIpc) is 3.73. The van der Waals surface area contributed by atoms with E-state index in [9.17, 15) is 19.5 Å². The van der Waals surface area contributed by atoms with E-state index in [1.54, 1.807) is 35.2 Å². The molecule has 2 atom stereocenters. The van der Waals surface area contributed by atoms with Crippen LogP contribution in [-0.4, -0.2) is 45.9 Å². The number of carbonyl (C=O) groups excluding carboxylic acids is 2. The largest absolute Gasteiger partial charge is 0.481 e. The van der Waals surface area contributed by atoms with Gasteiger partial charge in [0.25, 0.3) is 11.9 Å². The number of amides is 2. The van der Waals surface area contributed by atoms with Gasteiger partial charge in [0.2, 0.25) is 5.91 Å². The first kappa shape index (κ1) is 26.3. The number of hydrogen-bond acceptors (Lipinski definition) is 7. The molecule has 3 N–H and O–H groups in total. The van der Waals surface area contributed by atoms with Crippen LogP contribution in [0.5, 0.6) is 0 Å². The van der Waals surface area contributed by atoms with E-state index in [4.69, 9.17) is 4.42 Å². The van der Waals surface area contributed by atoms with Gasteiger partial charge in [-0.05, 0) is 59.0 Å². The monoisotopic (exact) mass is 566 g/mol. The molecule has 0 aliphatic carbocycles. The van der Waals surface area contributed by atoms with Crippen molar-refractivity contribution in [2.75, 3.05) is 23.7 Å². The van der Waals surface area contributed by atoms with E-state index in [2.05, 4.69) is 15.6 Å². The lowest BCUT2D eigenvalue weighted by atomic mass is 9.89. The molecule has 206 valence electrons. The average molecular weight is 567 g/mol. The number of benzene rings is 3. The van der Waals surface area contributed by atoms with Gasteiger partial charge in [0.1, 0.15) is 5.52 Å². The number of carbonyl (C=O) groups is 3. The second-order valence-electron chi connectivity index (χ2n) is 9.90. The number of thiophene rings is 1. The third-order valence-corrected chi connectivity index (χ3v) is 7.98. The Hall–Kier alpha value is -4.96. The first-order valence-electron chi connectivity index (χ1n) is 13.1. The zero-order valence-electron chi connectivity index (χ0n) is 21.8. The van der Waals surface area contributed by atoms with Crippen molar-refractivity contribution in [2.45, 2.75) is 12.3 Å². The Kier molecular flexibility index (Phi) is 7.22. The van der Waals surface area contributed by atoms with E-state index >= 15 is 0 Å². The third kappa shape index (κ3) is 5.82. The highest BCUT2D eigenvalue weighted by Crippen LogP contribution is 2.35. The standard InChI is InChI=1S/C31H26N4O5S/c36-28(16-19-8-13-25-26(15-19)40-31(34-25)33-21-5-2-1-3-6-21)32-22-11-9-20(10-12-22)23-17-35(18-24(23)30(38)39)29(37)27-7-4-14-41-27/h1-15,23-24H,16-18H2,(H,32,36)(H,33,34)(H,38,39). The molecule has 1 fully saturated rings. The van der Waals surface area contributed by atoms with E-state index in [0.29, 0.717) is 34.2 Å². The number of rotatable bonds is 8. The van der Waals surface area contributed by atoms with Gasteiger partial charge in [0.05, 0.1) is 17.2 Å². The maximum Gasteiger partial charge on any atom is 0.308 e. The molecule has 2 unspecified atom stereocenters. The summed E-state index contributed by atoms with van der Waals surface area (Å²) in [7, 11) is 0. The van der Waals surface area contributed by atoms with Crippen LogP contribution in [0.25, 0.3) is 11.1 Å². The molecule has 3 aromatic carbocycles. The van der Waals surface area contributed by atoms with Gasteiger partial charge in [-0.25, -0.2) is 0 Å². The Morgan fingerprint density at radius 1 is 0.951 bits per heavy atom. The van der Waals surface area contributed by atoms with Crippen molar-refractivity contribution in [3.63, 3.8) is 0 Å². The van der Waals surface area contributed by atoms with Crippen LogP contribution in [0.15, 0.2) is 94.7 Å². The molecular formula is C31H26N4O5S. The molecule has 0 spiro atoms. The van der Waals surface area contributed by atoms with E-state index in [1.165, 1.54) is 11.3 Å². The molecular weight excluding hydrogens is 540 g/mol. The minimum absolute atomic E-state index is 0.142. The molecule has 10 heteroatoms. The van der Waals surface area contributed by atoms with Crippen molar-refractivity contribution < 1.29 is 23.9 Å². The van der Waals surface area contributed by atoms with Crippen molar-refractivity contribution in [3.05, 3.63) is 106 Å². The number of likely N-dealkylation sites (tertiary alicyclic amines) is 1. The van der Waals surface area contributed by atoms with Crippen molar-refractivity contribution in [3.8, 4) is 0 Å². The number of nitrogens with zero attached hydrogens (tertiary/aromatic N) is 2. The number of carboxylic acids is 1. The number of fused-ring (bicyclic) bond motifs is 1. The molecule has 1 aliphatic rings. The second kappa shape index (κ2) is 11.3. The van der Waals surface area contributed by atoms with Crippen molar-refractivity contribution in [1.29, 1.82) is 0 Å². The van der Waals surface area contributed by atoms with Crippen LogP contribution in [-0.2, 0) is 16.0 Å². The maximum atomic E-state index is 12.8. The maximum absolute atomic E-state index is 12.8. The Labute approximate surface area is 239 Å². The highest BCUT2D eigenvalue weighted by Gasteiger charge is 2.40. The lowest BCUT2D eigenvalue weighted by molar-refractivity contribution is -0.141. The highest BCUT2D eigenvalue weighted by molar-refractivity contribution is 7.12. The zero-order chi connectivity index (χ0) is 28.3. The van der Waals surface area contributed by atoms with Crippen molar-refractivity contribution in [2.24, 2.45) is 5.92 Å². The molecule has 2 aromatic heterocycles. The smallest absolute Gasteiger partial charge is 0.308 e. The lowest BCUT2D eigenvalue weighted by Crippen LogP contribution is -2.29. The number of oxazole rings is 1. The molecule has 3 heterocycles. The zero-order valence-corrected chi connectivity index (χ0v) is 22.6. The van der Waals surface area contributed by atoms with E-state index in [-0.39, 0.29) is 30.7 Å². The van der Waals surface area contributed by atoms with Crippen LogP contribution in [0.1, 0.15) is 26.7 Å². The fourth-order valence-electron chi connectivity index (χ4n) is 5.10. The minimum Gasteiger partial charge on any atom is -0.481 e. The van der Waals surface area contributed by atoms with Gasteiger partial charge in [-0.15, -0.1) is 11.3 Å². The van der Waals surface area contributed by atoms with Gasteiger partial charge in [0, 0.05) is 30.4 Å². The lowest BCUT2D eigenvalue weighted by Gasteiger charge is -2.16. The van der Waals surface area contributed by atoms with Crippen LogP contribution in [0.2, 0.25) is 0 Å². The summed E-state index contributed by atoms with van der Waals surface area (Å²) < 4.78 is 5.82. The Balaban J connectivity index is 1.09. The normalized spacial score (nSPS) is 16.5. The predicted molar refractivity (Wildman–Crippen MR) is 157 cm³/mol. The molecule has 0 radical (unpaired) electrons. The Bertz CT molecular complexity index is 1700. The summed E-state index contributed by atoms with van der Waals surface area (Å²) >= 11 is 1.34. The van der Waals surface area contributed by atoms with Crippen LogP contribution >= 0.6 is 11.3 Å². The fourth-order valence-corrected chi connectivity index (χ4v) is 5.79. The Morgan fingerprint density at radius 2 is 1.76 bits per heavy atom. The Morgan fingerprint density at radius 3 is 2.49 bits per heavy atom. The van der Waals surface area contributed by atoms with E-state index < -0.39 is 11.9 Å². The molecule has 5 aromatic rings. The second-order valence-corrected chi connectivity index (χ2v) is 10.8. The van der Waals surface area contributed by atoms with Gasteiger partial charge in [-0.3, -0.25) is 14.4 Å². The van der Waals surface area contributed by atoms with Crippen molar-refractivity contribution >= 4 is 57.6 Å². The fraction of sp³-hybridized carbons (Fsp3) is 0.161. The first-order chi connectivity index (χ1) is 19.9. The number of anilines is 3. The van der Waals surface area contributed by atoms with Crippen LogP contribution in [0.3, 0.4) is 0 Å². The summed E-state index contributed by atoms with van der Waals surface area (Å²) in [6.45, 7) is 0.487. The summed E-state index contributed by atoms with van der Waals surface area (Å²) in [5.74, 6) is -2.31. The van der Waals surface area contributed by atoms with Gasteiger partial charge >= 0.3 is 5.97 Å². The SMILES string of the molecule is O=C(Cc1ccc2nc(Nc3ccccc3)oc2c1)Nc1ccc(C2CN(C(=O)c3cccs3)CC2C(=O)O)cc1. The van der Waals surface area contributed by atoms with E-state index in [0.717, 1.165) is 16.8 Å². The van der Waals surface area contributed by atoms with Gasteiger partial charge in [0.15, 0.2) is 5.58 Å². The molecule has 0 saturated carbocycles. The number of aromatic nitrogens is 1. The number of para-hydroxylation sites is 1. The molecule has 9 nitrogen and oxygen atoms in total. The highest BCUT2D eigenvalue weighted by atomic mass is 32.1.